The van der Waals surface area contributed by atoms with E-state index >= 15 is 0 Å². The van der Waals surface area contributed by atoms with Crippen molar-refractivity contribution in [2.75, 3.05) is 13.2 Å². The summed E-state index contributed by atoms with van der Waals surface area (Å²) in [5.41, 5.74) is 1.08. The standard InChI is InChI=1S/C14H19Cl2NO/c15-13-6-3-4-11(14(13)16)10-17-8-2-1-5-12(17)7-9-18/h3-4,6,12,18H,1-2,5,7-10H2. The van der Waals surface area contributed by atoms with Gasteiger partial charge in [-0.05, 0) is 37.4 Å². The van der Waals surface area contributed by atoms with Crippen molar-refractivity contribution < 1.29 is 5.11 Å². The smallest absolute Gasteiger partial charge is 0.0637 e. The Kier molecular flexibility index (Phi) is 5.31. The zero-order valence-electron chi connectivity index (χ0n) is 10.4. The van der Waals surface area contributed by atoms with E-state index in [-0.39, 0.29) is 6.61 Å². The molecule has 0 aromatic heterocycles. The Balaban J connectivity index is 2.08. The van der Waals surface area contributed by atoms with Crippen molar-refractivity contribution in [3.05, 3.63) is 33.8 Å². The van der Waals surface area contributed by atoms with E-state index in [4.69, 9.17) is 28.3 Å². The highest BCUT2D eigenvalue weighted by molar-refractivity contribution is 6.42. The minimum atomic E-state index is 0.254. The van der Waals surface area contributed by atoms with Crippen LogP contribution in [0.1, 0.15) is 31.2 Å². The van der Waals surface area contributed by atoms with E-state index in [2.05, 4.69) is 4.90 Å². The van der Waals surface area contributed by atoms with Crippen LogP contribution in [-0.2, 0) is 6.54 Å². The van der Waals surface area contributed by atoms with E-state index in [0.717, 1.165) is 25.1 Å². The Labute approximate surface area is 119 Å². The number of aliphatic hydroxyl groups is 1. The van der Waals surface area contributed by atoms with Gasteiger partial charge in [0.25, 0.3) is 0 Å². The van der Waals surface area contributed by atoms with Gasteiger partial charge in [-0.2, -0.15) is 0 Å². The fourth-order valence-electron chi connectivity index (χ4n) is 2.63. The minimum absolute atomic E-state index is 0.254. The first kappa shape index (κ1) is 14.1. The molecule has 1 aromatic rings. The molecule has 1 unspecified atom stereocenters. The Hall–Kier alpha value is -0.280. The first-order valence-corrected chi connectivity index (χ1v) is 7.25. The van der Waals surface area contributed by atoms with E-state index < -0.39 is 0 Å². The number of hydrogen-bond acceptors (Lipinski definition) is 2. The Morgan fingerprint density at radius 1 is 1.28 bits per heavy atom. The van der Waals surface area contributed by atoms with Crippen molar-refractivity contribution in [1.29, 1.82) is 0 Å². The third kappa shape index (κ3) is 3.39. The van der Waals surface area contributed by atoms with Crippen LogP contribution in [-0.4, -0.2) is 29.2 Å². The molecular weight excluding hydrogens is 269 g/mol. The van der Waals surface area contributed by atoms with Crippen molar-refractivity contribution in [2.45, 2.75) is 38.3 Å². The maximum absolute atomic E-state index is 9.13. The zero-order chi connectivity index (χ0) is 13.0. The number of likely N-dealkylation sites (tertiary alicyclic amines) is 1. The van der Waals surface area contributed by atoms with Gasteiger partial charge in [0.1, 0.15) is 0 Å². The summed E-state index contributed by atoms with van der Waals surface area (Å²) >= 11 is 12.3. The van der Waals surface area contributed by atoms with Crippen molar-refractivity contribution in [1.82, 2.24) is 4.90 Å². The molecular formula is C14H19Cl2NO. The second kappa shape index (κ2) is 6.76. The van der Waals surface area contributed by atoms with Gasteiger partial charge >= 0.3 is 0 Å². The lowest BCUT2D eigenvalue weighted by atomic mass is 9.99. The molecule has 1 N–H and O–H groups in total. The normalized spacial score (nSPS) is 21.2. The summed E-state index contributed by atoms with van der Waals surface area (Å²) in [6.45, 7) is 2.15. The summed E-state index contributed by atoms with van der Waals surface area (Å²) in [7, 11) is 0. The molecule has 1 aliphatic heterocycles. The van der Waals surface area contributed by atoms with Gasteiger partial charge in [0.15, 0.2) is 0 Å². The van der Waals surface area contributed by atoms with Crippen LogP contribution in [0.25, 0.3) is 0 Å². The minimum Gasteiger partial charge on any atom is -0.396 e. The van der Waals surface area contributed by atoms with E-state index in [0.29, 0.717) is 16.1 Å². The van der Waals surface area contributed by atoms with Gasteiger partial charge in [-0.25, -0.2) is 0 Å². The largest absolute Gasteiger partial charge is 0.396 e. The highest BCUT2D eigenvalue weighted by Crippen LogP contribution is 2.29. The number of nitrogens with zero attached hydrogens (tertiary/aromatic N) is 1. The van der Waals surface area contributed by atoms with Crippen LogP contribution >= 0.6 is 23.2 Å². The molecule has 100 valence electrons. The highest BCUT2D eigenvalue weighted by Gasteiger charge is 2.22. The van der Waals surface area contributed by atoms with Gasteiger partial charge in [-0.15, -0.1) is 0 Å². The predicted molar refractivity (Wildman–Crippen MR) is 76.2 cm³/mol. The number of piperidine rings is 1. The average molecular weight is 288 g/mol. The monoisotopic (exact) mass is 287 g/mol. The summed E-state index contributed by atoms with van der Waals surface area (Å²) in [6.07, 6.45) is 4.49. The SMILES string of the molecule is OCCC1CCCCN1Cc1cccc(Cl)c1Cl. The predicted octanol–water partition coefficient (Wildman–Crippen LogP) is 3.73. The van der Waals surface area contributed by atoms with E-state index in [1.807, 2.05) is 18.2 Å². The van der Waals surface area contributed by atoms with Gasteiger partial charge in [-0.3, -0.25) is 4.90 Å². The van der Waals surface area contributed by atoms with Crippen LogP contribution in [0.2, 0.25) is 10.0 Å². The van der Waals surface area contributed by atoms with Crippen LogP contribution in [0.4, 0.5) is 0 Å². The maximum atomic E-state index is 9.13. The van der Waals surface area contributed by atoms with Crippen molar-refractivity contribution >= 4 is 23.2 Å². The summed E-state index contributed by atoms with van der Waals surface area (Å²) in [6, 6.07) is 6.25. The summed E-state index contributed by atoms with van der Waals surface area (Å²) < 4.78 is 0. The fourth-order valence-corrected chi connectivity index (χ4v) is 3.01. The summed E-state index contributed by atoms with van der Waals surface area (Å²) in [5.74, 6) is 0. The van der Waals surface area contributed by atoms with Crippen LogP contribution in [0.15, 0.2) is 18.2 Å². The molecule has 1 aromatic carbocycles. The zero-order valence-corrected chi connectivity index (χ0v) is 11.9. The van der Waals surface area contributed by atoms with Gasteiger partial charge < -0.3 is 5.11 Å². The van der Waals surface area contributed by atoms with Crippen LogP contribution in [0.3, 0.4) is 0 Å². The van der Waals surface area contributed by atoms with Crippen molar-refractivity contribution in [3.8, 4) is 0 Å². The molecule has 1 atom stereocenters. The molecule has 1 saturated heterocycles. The molecule has 0 spiro atoms. The van der Waals surface area contributed by atoms with Gasteiger partial charge in [-0.1, -0.05) is 41.8 Å². The lowest BCUT2D eigenvalue weighted by molar-refractivity contribution is 0.112. The maximum Gasteiger partial charge on any atom is 0.0637 e. The van der Waals surface area contributed by atoms with E-state index in [9.17, 15) is 0 Å². The molecule has 2 nitrogen and oxygen atoms in total. The van der Waals surface area contributed by atoms with Crippen LogP contribution in [0, 0.1) is 0 Å². The molecule has 4 heteroatoms. The number of halogens is 2. The molecule has 2 rings (SSSR count). The molecule has 1 fully saturated rings. The molecule has 18 heavy (non-hydrogen) atoms. The average Bonchev–Trinajstić information content (AvgIpc) is 2.37. The molecule has 0 amide bonds. The topological polar surface area (TPSA) is 23.5 Å². The quantitative estimate of drug-likeness (QED) is 0.912. The number of benzene rings is 1. The van der Waals surface area contributed by atoms with Crippen molar-refractivity contribution in [2.24, 2.45) is 0 Å². The molecule has 0 saturated carbocycles. The second-order valence-corrected chi connectivity index (χ2v) is 5.63. The molecule has 0 radical (unpaired) electrons. The first-order chi connectivity index (χ1) is 8.72. The first-order valence-electron chi connectivity index (χ1n) is 6.50. The lowest BCUT2D eigenvalue weighted by Crippen LogP contribution is -2.39. The molecule has 1 heterocycles. The van der Waals surface area contributed by atoms with Gasteiger partial charge in [0.2, 0.25) is 0 Å². The summed E-state index contributed by atoms with van der Waals surface area (Å²) in [4.78, 5) is 2.41. The van der Waals surface area contributed by atoms with Gasteiger partial charge in [0, 0.05) is 19.2 Å². The Morgan fingerprint density at radius 3 is 2.89 bits per heavy atom. The van der Waals surface area contributed by atoms with Crippen molar-refractivity contribution in [3.63, 3.8) is 0 Å². The lowest BCUT2D eigenvalue weighted by Gasteiger charge is -2.35. The van der Waals surface area contributed by atoms with Crippen LogP contribution < -0.4 is 0 Å². The fraction of sp³-hybridized carbons (Fsp3) is 0.571. The highest BCUT2D eigenvalue weighted by atomic mass is 35.5. The van der Waals surface area contributed by atoms with E-state index in [1.165, 1.54) is 19.3 Å². The molecule has 1 aliphatic rings. The number of hydrogen-bond donors (Lipinski definition) is 1. The molecule has 0 aliphatic carbocycles. The number of aliphatic hydroxyl groups excluding tert-OH is 1. The molecule has 0 bridgehead atoms. The third-order valence-electron chi connectivity index (χ3n) is 3.62. The summed E-state index contributed by atoms with van der Waals surface area (Å²) in [5, 5.41) is 10.4. The Morgan fingerprint density at radius 2 is 2.11 bits per heavy atom. The van der Waals surface area contributed by atoms with Crippen LogP contribution in [0.5, 0.6) is 0 Å². The third-order valence-corrected chi connectivity index (χ3v) is 4.47. The Bertz CT molecular complexity index is 395. The number of rotatable bonds is 4. The van der Waals surface area contributed by atoms with Gasteiger partial charge in [0.05, 0.1) is 10.0 Å². The second-order valence-electron chi connectivity index (χ2n) is 4.85. The van der Waals surface area contributed by atoms with E-state index in [1.54, 1.807) is 0 Å².